The van der Waals surface area contributed by atoms with Gasteiger partial charge in [0.25, 0.3) is 0 Å². The first-order valence-electron chi connectivity index (χ1n) is 3.74. The molecule has 0 aromatic heterocycles. The van der Waals surface area contributed by atoms with Gasteiger partial charge in [-0.15, -0.1) is 12.4 Å². The minimum atomic E-state index is -0.104. The number of aryl methyl sites for hydroxylation is 1. The van der Waals surface area contributed by atoms with Crippen LogP contribution >= 0.6 is 12.4 Å². The van der Waals surface area contributed by atoms with E-state index in [-0.39, 0.29) is 18.3 Å². The second kappa shape index (κ2) is 4.72. The fraction of sp³-hybridized carbons (Fsp3) is 0.222. The quantitative estimate of drug-likeness (QED) is 0.681. The molecule has 0 saturated heterocycles. The number of anilines is 2. The fourth-order valence-corrected chi connectivity index (χ4v) is 0.979. The molecule has 3 N–H and O–H groups in total. The summed E-state index contributed by atoms with van der Waals surface area (Å²) in [6.45, 7) is 3.36. The Balaban J connectivity index is 0.00000144. The third kappa shape index (κ3) is 2.95. The highest BCUT2D eigenvalue weighted by Crippen LogP contribution is 2.21. The Kier molecular flexibility index (Phi) is 4.28. The van der Waals surface area contributed by atoms with E-state index in [0.29, 0.717) is 11.4 Å². The predicted octanol–water partition coefficient (Wildman–Crippen LogP) is 1.96. The Hall–Kier alpha value is -1.22. The molecule has 1 amide bonds. The van der Waals surface area contributed by atoms with Gasteiger partial charge in [0.1, 0.15) is 0 Å². The van der Waals surface area contributed by atoms with E-state index in [1.54, 1.807) is 6.07 Å². The van der Waals surface area contributed by atoms with Crippen molar-refractivity contribution in [3.63, 3.8) is 0 Å². The molecule has 0 bridgehead atoms. The van der Waals surface area contributed by atoms with Crippen LogP contribution in [0.4, 0.5) is 11.4 Å². The number of amides is 1. The first-order valence-corrected chi connectivity index (χ1v) is 3.74. The summed E-state index contributed by atoms with van der Waals surface area (Å²) in [5.74, 6) is -0.104. The Bertz CT molecular complexity index is 312. The first kappa shape index (κ1) is 11.8. The number of hydrogen-bond donors (Lipinski definition) is 2. The number of rotatable bonds is 1. The van der Waals surface area contributed by atoms with Crippen LogP contribution in [0.15, 0.2) is 18.2 Å². The zero-order valence-electron chi connectivity index (χ0n) is 7.63. The number of nitrogens with two attached hydrogens (primary N) is 1. The summed E-state index contributed by atoms with van der Waals surface area (Å²) in [5, 5.41) is 2.65. The molecular formula is C9H13ClN2O. The maximum atomic E-state index is 10.7. The van der Waals surface area contributed by atoms with E-state index in [9.17, 15) is 4.79 Å². The van der Waals surface area contributed by atoms with Crippen LogP contribution in [0.5, 0.6) is 0 Å². The average molecular weight is 201 g/mol. The van der Waals surface area contributed by atoms with Crippen molar-refractivity contribution in [2.45, 2.75) is 13.8 Å². The second-order valence-corrected chi connectivity index (χ2v) is 2.72. The average Bonchev–Trinajstić information content (AvgIpc) is 1.98. The fourth-order valence-electron chi connectivity index (χ4n) is 0.979. The van der Waals surface area contributed by atoms with Gasteiger partial charge in [-0.1, -0.05) is 12.1 Å². The standard InChI is InChI=1S/C9H12N2O.ClH/c1-6-4-3-5-8(9(6)10)11-7(2)12;/h3-5H,10H2,1-2H3,(H,11,12);1H. The molecule has 1 aromatic rings. The van der Waals surface area contributed by atoms with E-state index in [2.05, 4.69) is 5.32 Å². The van der Waals surface area contributed by atoms with Crippen molar-refractivity contribution in [1.29, 1.82) is 0 Å². The summed E-state index contributed by atoms with van der Waals surface area (Å²) in [5.41, 5.74) is 8.00. The topological polar surface area (TPSA) is 55.1 Å². The highest BCUT2D eigenvalue weighted by atomic mass is 35.5. The molecule has 1 rings (SSSR count). The predicted molar refractivity (Wildman–Crippen MR) is 57.1 cm³/mol. The van der Waals surface area contributed by atoms with Crippen molar-refractivity contribution in [2.24, 2.45) is 0 Å². The van der Waals surface area contributed by atoms with Crippen molar-refractivity contribution in [2.75, 3.05) is 11.1 Å². The maximum Gasteiger partial charge on any atom is 0.221 e. The van der Waals surface area contributed by atoms with Crippen molar-refractivity contribution < 1.29 is 4.79 Å². The van der Waals surface area contributed by atoms with Gasteiger partial charge < -0.3 is 11.1 Å². The van der Waals surface area contributed by atoms with Crippen LogP contribution in [0.3, 0.4) is 0 Å². The number of nitrogens with one attached hydrogen (secondary N) is 1. The lowest BCUT2D eigenvalue weighted by atomic mass is 10.2. The van der Waals surface area contributed by atoms with Crippen LogP contribution in [-0.2, 0) is 4.79 Å². The number of carbonyl (C=O) groups excluding carboxylic acids is 1. The zero-order chi connectivity index (χ0) is 9.14. The minimum absolute atomic E-state index is 0. The van der Waals surface area contributed by atoms with Gasteiger partial charge in [-0.3, -0.25) is 4.79 Å². The van der Waals surface area contributed by atoms with E-state index in [1.807, 2.05) is 19.1 Å². The summed E-state index contributed by atoms with van der Waals surface area (Å²) in [6.07, 6.45) is 0. The van der Waals surface area contributed by atoms with E-state index in [1.165, 1.54) is 6.92 Å². The van der Waals surface area contributed by atoms with Crippen LogP contribution in [0, 0.1) is 6.92 Å². The lowest BCUT2D eigenvalue weighted by molar-refractivity contribution is -0.114. The molecule has 13 heavy (non-hydrogen) atoms. The van der Waals surface area contributed by atoms with Gasteiger partial charge in [-0.05, 0) is 18.6 Å². The molecule has 0 atom stereocenters. The van der Waals surface area contributed by atoms with Gasteiger partial charge in [-0.25, -0.2) is 0 Å². The number of para-hydroxylation sites is 1. The van der Waals surface area contributed by atoms with Gasteiger partial charge in [0.05, 0.1) is 11.4 Å². The third-order valence-corrected chi connectivity index (χ3v) is 1.63. The lowest BCUT2D eigenvalue weighted by Crippen LogP contribution is -2.08. The van der Waals surface area contributed by atoms with Gasteiger partial charge in [-0.2, -0.15) is 0 Å². The first-order chi connectivity index (χ1) is 5.61. The smallest absolute Gasteiger partial charge is 0.221 e. The summed E-state index contributed by atoms with van der Waals surface area (Å²) in [6, 6.07) is 5.54. The number of benzene rings is 1. The third-order valence-electron chi connectivity index (χ3n) is 1.63. The van der Waals surface area contributed by atoms with Crippen LogP contribution in [0.25, 0.3) is 0 Å². The van der Waals surface area contributed by atoms with E-state index >= 15 is 0 Å². The van der Waals surface area contributed by atoms with Gasteiger partial charge >= 0.3 is 0 Å². The maximum absolute atomic E-state index is 10.7. The lowest BCUT2D eigenvalue weighted by Gasteiger charge is -2.07. The monoisotopic (exact) mass is 200 g/mol. The molecule has 0 unspecified atom stereocenters. The molecule has 0 aliphatic heterocycles. The van der Waals surface area contributed by atoms with Gasteiger partial charge in [0.15, 0.2) is 0 Å². The number of halogens is 1. The molecule has 0 aliphatic carbocycles. The molecule has 0 spiro atoms. The van der Waals surface area contributed by atoms with E-state index in [0.717, 1.165) is 5.56 Å². The second-order valence-electron chi connectivity index (χ2n) is 2.72. The molecular weight excluding hydrogens is 188 g/mol. The summed E-state index contributed by atoms with van der Waals surface area (Å²) < 4.78 is 0. The van der Waals surface area contributed by atoms with Crippen LogP contribution < -0.4 is 11.1 Å². The van der Waals surface area contributed by atoms with Crippen molar-refractivity contribution in [3.05, 3.63) is 23.8 Å². The van der Waals surface area contributed by atoms with Crippen LogP contribution in [0.1, 0.15) is 12.5 Å². The van der Waals surface area contributed by atoms with Crippen molar-refractivity contribution in [1.82, 2.24) is 0 Å². The highest BCUT2D eigenvalue weighted by molar-refractivity contribution is 5.92. The molecule has 72 valence electrons. The van der Waals surface area contributed by atoms with E-state index < -0.39 is 0 Å². The Morgan fingerprint density at radius 3 is 2.62 bits per heavy atom. The summed E-state index contributed by atoms with van der Waals surface area (Å²) in [7, 11) is 0. The number of nitrogen functional groups attached to an aromatic ring is 1. The van der Waals surface area contributed by atoms with Crippen LogP contribution in [-0.4, -0.2) is 5.91 Å². The Labute approximate surface area is 83.7 Å². The molecule has 3 nitrogen and oxygen atoms in total. The molecule has 1 aromatic carbocycles. The molecule has 0 radical (unpaired) electrons. The summed E-state index contributed by atoms with van der Waals surface area (Å²) >= 11 is 0. The molecule has 0 fully saturated rings. The van der Waals surface area contributed by atoms with Gasteiger partial charge in [0, 0.05) is 6.92 Å². The minimum Gasteiger partial charge on any atom is -0.397 e. The van der Waals surface area contributed by atoms with Crippen LogP contribution in [0.2, 0.25) is 0 Å². The SMILES string of the molecule is CC(=O)Nc1cccc(C)c1N.Cl. The summed E-state index contributed by atoms with van der Waals surface area (Å²) in [4.78, 5) is 10.7. The van der Waals surface area contributed by atoms with Crippen molar-refractivity contribution in [3.8, 4) is 0 Å². The highest BCUT2D eigenvalue weighted by Gasteiger charge is 2.01. The molecule has 0 aliphatic rings. The van der Waals surface area contributed by atoms with Crippen molar-refractivity contribution >= 4 is 29.7 Å². The Morgan fingerprint density at radius 2 is 2.08 bits per heavy atom. The van der Waals surface area contributed by atoms with Gasteiger partial charge in [0.2, 0.25) is 5.91 Å². The number of hydrogen-bond acceptors (Lipinski definition) is 2. The zero-order valence-corrected chi connectivity index (χ0v) is 8.44. The number of carbonyl (C=O) groups is 1. The molecule has 0 heterocycles. The molecule has 0 saturated carbocycles. The van der Waals surface area contributed by atoms with E-state index in [4.69, 9.17) is 5.73 Å². The molecule has 4 heteroatoms. The normalized spacial score (nSPS) is 8.77. The Morgan fingerprint density at radius 1 is 1.46 bits per heavy atom. The largest absolute Gasteiger partial charge is 0.397 e.